The van der Waals surface area contributed by atoms with Gasteiger partial charge in [0.25, 0.3) is 0 Å². The van der Waals surface area contributed by atoms with Gasteiger partial charge in [0.05, 0.1) is 17.8 Å². The number of benzene rings is 3. The number of para-hydroxylation sites is 1. The number of alkyl halides is 3. The molecule has 0 aliphatic rings. The standard InChI is InChI=1S/C21H19F3N2O/c1-26(13-15-10-11-16-6-2-3-7-17(16)12-15)14-20(27)25-19-9-5-4-8-18(19)21(22,23)24/h2-12H,13-14H2,1H3,(H,25,27). The number of carbonyl (C=O) groups is 1. The van der Waals surface area contributed by atoms with Crippen LogP contribution < -0.4 is 5.32 Å². The molecule has 0 spiro atoms. The summed E-state index contributed by atoms with van der Waals surface area (Å²) in [6.45, 7) is 0.498. The zero-order valence-corrected chi connectivity index (χ0v) is 14.8. The number of amides is 1. The van der Waals surface area contributed by atoms with Crippen LogP contribution in [0.1, 0.15) is 11.1 Å². The summed E-state index contributed by atoms with van der Waals surface area (Å²) >= 11 is 0. The lowest BCUT2D eigenvalue weighted by molar-refractivity contribution is -0.137. The smallest absolute Gasteiger partial charge is 0.324 e. The molecule has 1 N–H and O–H groups in total. The maximum atomic E-state index is 13.0. The minimum absolute atomic E-state index is 0.0149. The summed E-state index contributed by atoms with van der Waals surface area (Å²) in [6, 6.07) is 19.0. The maximum absolute atomic E-state index is 13.0. The molecule has 0 aliphatic carbocycles. The molecule has 0 saturated heterocycles. The van der Waals surface area contributed by atoms with Crippen LogP contribution in [0.5, 0.6) is 0 Å². The van der Waals surface area contributed by atoms with E-state index in [0.29, 0.717) is 6.54 Å². The fourth-order valence-electron chi connectivity index (χ4n) is 2.98. The van der Waals surface area contributed by atoms with E-state index in [9.17, 15) is 18.0 Å². The molecule has 3 nitrogen and oxygen atoms in total. The maximum Gasteiger partial charge on any atom is 0.418 e. The number of hydrogen-bond donors (Lipinski definition) is 1. The molecule has 6 heteroatoms. The number of nitrogens with zero attached hydrogens (tertiary/aromatic N) is 1. The molecule has 0 saturated carbocycles. The largest absolute Gasteiger partial charge is 0.418 e. The Labute approximate surface area is 155 Å². The molecule has 1 amide bonds. The lowest BCUT2D eigenvalue weighted by Gasteiger charge is -2.18. The Bertz CT molecular complexity index is 953. The monoisotopic (exact) mass is 372 g/mol. The number of carbonyl (C=O) groups excluding carboxylic acids is 1. The molecule has 0 heterocycles. The van der Waals surface area contributed by atoms with E-state index in [4.69, 9.17) is 0 Å². The number of hydrogen-bond acceptors (Lipinski definition) is 2. The lowest BCUT2D eigenvalue weighted by atomic mass is 10.1. The summed E-state index contributed by atoms with van der Waals surface area (Å²) in [5, 5.41) is 4.60. The Balaban J connectivity index is 1.64. The highest BCUT2D eigenvalue weighted by molar-refractivity contribution is 5.93. The topological polar surface area (TPSA) is 32.3 Å². The molecule has 0 bridgehead atoms. The van der Waals surface area contributed by atoms with E-state index in [2.05, 4.69) is 5.32 Å². The summed E-state index contributed by atoms with van der Waals surface area (Å²) in [7, 11) is 1.75. The van der Waals surface area contributed by atoms with Crippen molar-refractivity contribution in [1.29, 1.82) is 0 Å². The van der Waals surface area contributed by atoms with E-state index < -0.39 is 17.6 Å². The van der Waals surface area contributed by atoms with Gasteiger partial charge in [-0.25, -0.2) is 0 Å². The molecule has 0 radical (unpaired) electrons. The molecule has 3 rings (SSSR count). The summed E-state index contributed by atoms with van der Waals surface area (Å²) < 4.78 is 39.0. The highest BCUT2D eigenvalue weighted by Gasteiger charge is 2.33. The van der Waals surface area contributed by atoms with Gasteiger partial charge < -0.3 is 5.32 Å². The third-order valence-electron chi connectivity index (χ3n) is 4.19. The molecule has 0 aromatic heterocycles. The van der Waals surface area contributed by atoms with E-state index in [1.54, 1.807) is 11.9 Å². The number of fused-ring (bicyclic) bond motifs is 1. The number of rotatable bonds is 5. The Kier molecular flexibility index (Phi) is 5.46. The van der Waals surface area contributed by atoms with Gasteiger partial charge in [-0.2, -0.15) is 13.2 Å². The number of anilines is 1. The zero-order valence-electron chi connectivity index (χ0n) is 14.8. The van der Waals surface area contributed by atoms with Crippen molar-refractivity contribution in [2.45, 2.75) is 12.7 Å². The second-order valence-corrected chi connectivity index (χ2v) is 6.45. The summed E-state index contributed by atoms with van der Waals surface area (Å²) in [6.07, 6.45) is -4.51. The quantitative estimate of drug-likeness (QED) is 0.689. The van der Waals surface area contributed by atoms with Crippen LogP contribution in [0.25, 0.3) is 10.8 Å². The van der Waals surface area contributed by atoms with Gasteiger partial charge in [0.2, 0.25) is 5.91 Å². The van der Waals surface area contributed by atoms with E-state index in [1.165, 1.54) is 18.2 Å². The van der Waals surface area contributed by atoms with Crippen molar-refractivity contribution < 1.29 is 18.0 Å². The van der Waals surface area contributed by atoms with Crippen molar-refractivity contribution in [3.8, 4) is 0 Å². The zero-order chi connectivity index (χ0) is 19.4. The first-order valence-corrected chi connectivity index (χ1v) is 8.45. The van der Waals surface area contributed by atoms with Gasteiger partial charge in [-0.1, -0.05) is 48.5 Å². The lowest BCUT2D eigenvalue weighted by Crippen LogP contribution is -2.30. The first kappa shape index (κ1) is 18.9. The number of halogens is 3. The Morgan fingerprint density at radius 2 is 1.63 bits per heavy atom. The van der Waals surface area contributed by atoms with Crippen LogP contribution in [0.15, 0.2) is 66.7 Å². The molecular weight excluding hydrogens is 353 g/mol. The Morgan fingerprint density at radius 1 is 0.963 bits per heavy atom. The average Bonchev–Trinajstić information content (AvgIpc) is 2.61. The SMILES string of the molecule is CN(CC(=O)Nc1ccccc1C(F)(F)F)Cc1ccc2ccccc2c1. The third-order valence-corrected chi connectivity index (χ3v) is 4.19. The van der Waals surface area contributed by atoms with Crippen LogP contribution in [-0.2, 0) is 17.5 Å². The predicted molar refractivity (Wildman–Crippen MR) is 100 cm³/mol. The van der Waals surface area contributed by atoms with Crippen molar-refractivity contribution in [2.24, 2.45) is 0 Å². The predicted octanol–water partition coefficient (Wildman–Crippen LogP) is 4.93. The first-order chi connectivity index (χ1) is 12.8. The van der Waals surface area contributed by atoms with Crippen molar-refractivity contribution in [3.63, 3.8) is 0 Å². The van der Waals surface area contributed by atoms with Gasteiger partial charge in [0.15, 0.2) is 0 Å². The van der Waals surface area contributed by atoms with Gasteiger partial charge in [-0.05, 0) is 41.6 Å². The minimum Gasteiger partial charge on any atom is -0.324 e. The van der Waals surface area contributed by atoms with Crippen molar-refractivity contribution >= 4 is 22.4 Å². The highest BCUT2D eigenvalue weighted by Crippen LogP contribution is 2.34. The van der Waals surface area contributed by atoms with Crippen LogP contribution in [0.3, 0.4) is 0 Å². The van der Waals surface area contributed by atoms with Gasteiger partial charge in [-0.3, -0.25) is 9.69 Å². The number of nitrogens with one attached hydrogen (secondary N) is 1. The molecule has 0 unspecified atom stereocenters. The summed E-state index contributed by atoms with van der Waals surface area (Å²) in [4.78, 5) is 13.9. The molecule has 27 heavy (non-hydrogen) atoms. The van der Waals surface area contributed by atoms with E-state index in [1.807, 2.05) is 42.5 Å². The van der Waals surface area contributed by atoms with E-state index in [0.717, 1.165) is 22.4 Å². The third kappa shape index (κ3) is 4.86. The Morgan fingerprint density at radius 3 is 2.37 bits per heavy atom. The van der Waals surface area contributed by atoms with Gasteiger partial charge >= 0.3 is 6.18 Å². The van der Waals surface area contributed by atoms with Crippen LogP contribution in [0, 0.1) is 0 Å². The highest BCUT2D eigenvalue weighted by atomic mass is 19.4. The second kappa shape index (κ2) is 7.80. The van der Waals surface area contributed by atoms with Crippen LogP contribution in [0.2, 0.25) is 0 Å². The first-order valence-electron chi connectivity index (χ1n) is 8.45. The summed E-state index contributed by atoms with van der Waals surface area (Å²) in [5.74, 6) is -0.491. The van der Waals surface area contributed by atoms with E-state index >= 15 is 0 Å². The van der Waals surface area contributed by atoms with Gasteiger partial charge in [0.1, 0.15) is 0 Å². The Hall–Kier alpha value is -2.86. The fraction of sp³-hybridized carbons (Fsp3) is 0.190. The molecular formula is C21H19F3N2O. The van der Waals surface area contributed by atoms with Crippen LogP contribution >= 0.6 is 0 Å². The molecule has 0 fully saturated rings. The molecule has 3 aromatic rings. The molecule has 0 atom stereocenters. The van der Waals surface area contributed by atoms with Crippen molar-refractivity contribution in [1.82, 2.24) is 4.90 Å². The fourth-order valence-corrected chi connectivity index (χ4v) is 2.98. The molecule has 140 valence electrons. The second-order valence-electron chi connectivity index (χ2n) is 6.45. The van der Waals surface area contributed by atoms with Gasteiger partial charge in [0, 0.05) is 6.54 Å². The summed E-state index contributed by atoms with van der Waals surface area (Å²) in [5.41, 5.74) is -0.0515. The van der Waals surface area contributed by atoms with E-state index in [-0.39, 0.29) is 12.2 Å². The molecule has 0 aliphatic heterocycles. The van der Waals surface area contributed by atoms with Crippen molar-refractivity contribution in [2.75, 3.05) is 18.9 Å². The normalized spacial score (nSPS) is 11.7. The van der Waals surface area contributed by atoms with Gasteiger partial charge in [-0.15, -0.1) is 0 Å². The van der Waals surface area contributed by atoms with Crippen LogP contribution in [0.4, 0.5) is 18.9 Å². The average molecular weight is 372 g/mol. The van der Waals surface area contributed by atoms with Crippen LogP contribution in [-0.4, -0.2) is 24.4 Å². The molecule has 3 aromatic carbocycles. The van der Waals surface area contributed by atoms with Crippen molar-refractivity contribution in [3.05, 3.63) is 77.9 Å². The minimum atomic E-state index is -4.51. The number of likely N-dealkylation sites (N-methyl/N-ethyl adjacent to an activating group) is 1.